The van der Waals surface area contributed by atoms with Gasteiger partial charge in [-0.15, -0.1) is 23.5 Å². The van der Waals surface area contributed by atoms with Crippen molar-refractivity contribution in [2.24, 2.45) is 5.92 Å². The molecule has 0 saturated carbocycles. The highest BCUT2D eigenvalue weighted by molar-refractivity contribution is 8.00. The molecule has 4 atom stereocenters. The smallest absolute Gasteiger partial charge is 0.325 e. The SMILES string of the molecule is COC(=O)CNC(=O)C(NC(=O)C(CSC(c1ccccc1)(c1ccccc1)c1ccccc1)NC(=O)C(Cc1ccccc1)NC(=O)CC(O)C=CCCSC(c1ccccc1)(c1ccccc1)c1ccccc1)C(C)C. The Labute approximate surface area is 467 Å². The molecular formula is C65H68N4O7S2. The van der Waals surface area contributed by atoms with Crippen molar-refractivity contribution in [2.45, 2.75) is 66.8 Å². The largest absolute Gasteiger partial charge is 0.468 e. The minimum absolute atomic E-state index is 0.00180. The minimum Gasteiger partial charge on any atom is -0.468 e. The van der Waals surface area contributed by atoms with Gasteiger partial charge in [0.25, 0.3) is 0 Å². The van der Waals surface area contributed by atoms with E-state index in [2.05, 4.69) is 94.1 Å². The van der Waals surface area contributed by atoms with Crippen LogP contribution >= 0.6 is 23.5 Å². The van der Waals surface area contributed by atoms with Crippen molar-refractivity contribution in [1.29, 1.82) is 0 Å². The van der Waals surface area contributed by atoms with Gasteiger partial charge in [-0.2, -0.15) is 0 Å². The van der Waals surface area contributed by atoms with Crippen LogP contribution < -0.4 is 21.3 Å². The molecule has 4 unspecified atom stereocenters. The highest BCUT2D eigenvalue weighted by Gasteiger charge is 2.40. The first-order valence-electron chi connectivity index (χ1n) is 26.2. The third-order valence-electron chi connectivity index (χ3n) is 13.4. The molecule has 0 fully saturated rings. The van der Waals surface area contributed by atoms with Crippen LogP contribution in [0, 0.1) is 5.92 Å². The van der Waals surface area contributed by atoms with Gasteiger partial charge in [0.1, 0.15) is 24.7 Å². The summed E-state index contributed by atoms with van der Waals surface area (Å²) in [5, 5.41) is 22.6. The predicted molar refractivity (Wildman–Crippen MR) is 314 cm³/mol. The van der Waals surface area contributed by atoms with Gasteiger partial charge in [-0.05, 0) is 57.0 Å². The van der Waals surface area contributed by atoms with Crippen LogP contribution in [0.15, 0.2) is 224 Å². The number of carbonyl (C=O) groups is 5. The van der Waals surface area contributed by atoms with Crippen LogP contribution in [-0.2, 0) is 44.6 Å². The van der Waals surface area contributed by atoms with Crippen molar-refractivity contribution in [3.63, 3.8) is 0 Å². The molecule has 7 aromatic carbocycles. The number of amides is 4. The fourth-order valence-electron chi connectivity index (χ4n) is 9.43. The predicted octanol–water partition coefficient (Wildman–Crippen LogP) is 9.78. The van der Waals surface area contributed by atoms with E-state index < -0.39 is 75.8 Å². The summed E-state index contributed by atoms with van der Waals surface area (Å²) >= 11 is 3.25. The molecule has 4 amide bonds. The fraction of sp³-hybridized carbons (Fsp3) is 0.246. The van der Waals surface area contributed by atoms with E-state index in [9.17, 15) is 29.1 Å². The van der Waals surface area contributed by atoms with Gasteiger partial charge in [-0.3, -0.25) is 24.0 Å². The summed E-state index contributed by atoms with van der Waals surface area (Å²) in [7, 11) is 1.21. The van der Waals surface area contributed by atoms with Crippen molar-refractivity contribution in [3.05, 3.63) is 263 Å². The van der Waals surface area contributed by atoms with E-state index in [1.54, 1.807) is 31.7 Å². The number of aliphatic hydroxyl groups excluding tert-OH is 1. The first-order chi connectivity index (χ1) is 37.9. The lowest BCUT2D eigenvalue weighted by Gasteiger charge is -2.37. The van der Waals surface area contributed by atoms with Crippen LogP contribution in [0.3, 0.4) is 0 Å². The summed E-state index contributed by atoms with van der Waals surface area (Å²) in [6.07, 6.45) is 2.68. The van der Waals surface area contributed by atoms with E-state index in [1.807, 2.05) is 146 Å². The van der Waals surface area contributed by atoms with E-state index in [1.165, 1.54) is 18.9 Å². The maximum absolute atomic E-state index is 14.9. The molecule has 78 heavy (non-hydrogen) atoms. The van der Waals surface area contributed by atoms with E-state index in [-0.39, 0.29) is 18.6 Å². The first kappa shape index (κ1) is 58.0. The van der Waals surface area contributed by atoms with Gasteiger partial charge in [0.2, 0.25) is 23.6 Å². The van der Waals surface area contributed by atoms with Crippen LogP contribution in [0.2, 0.25) is 0 Å². The lowest BCUT2D eigenvalue weighted by Crippen LogP contribution is -2.59. The van der Waals surface area contributed by atoms with Gasteiger partial charge in [0.15, 0.2) is 0 Å². The molecule has 7 aromatic rings. The van der Waals surface area contributed by atoms with Gasteiger partial charge < -0.3 is 31.1 Å². The number of hydrogen-bond acceptors (Lipinski definition) is 9. The molecule has 11 nitrogen and oxygen atoms in total. The average Bonchev–Trinajstić information content (AvgIpc) is 3.50. The van der Waals surface area contributed by atoms with Gasteiger partial charge >= 0.3 is 5.97 Å². The number of carbonyl (C=O) groups excluding carboxylic acids is 5. The third kappa shape index (κ3) is 15.3. The molecule has 0 spiro atoms. The maximum Gasteiger partial charge on any atom is 0.325 e. The van der Waals surface area contributed by atoms with E-state index in [4.69, 9.17) is 4.74 Å². The van der Waals surface area contributed by atoms with Crippen LogP contribution in [-0.4, -0.2) is 84.1 Å². The molecule has 0 aliphatic rings. The number of allylic oxidation sites excluding steroid dienone is 1. The molecule has 0 heterocycles. The Kier molecular flexibility index (Phi) is 21.7. The van der Waals surface area contributed by atoms with Crippen LogP contribution in [0.1, 0.15) is 65.6 Å². The summed E-state index contributed by atoms with van der Waals surface area (Å²) in [6.45, 7) is 3.12. The molecule has 0 aromatic heterocycles. The zero-order valence-corrected chi connectivity index (χ0v) is 45.8. The second-order valence-electron chi connectivity index (χ2n) is 19.1. The third-order valence-corrected chi connectivity index (χ3v) is 16.6. The standard InChI is InChI=1S/C65H68N4O7S2/c1-47(2)60(63(75)66-45-59(72)76-3)69-62(74)57(46-78-65(52-35-19-8-20-36-52,53-37-21-9-22-38-53)54-39-23-10-24-40-54)68-61(73)56(43-48-27-11-4-12-28-48)67-58(71)44-55(70)41-25-26-42-77-64(49-29-13-5-14-30-49,50-31-15-6-16-32-50)51-33-17-7-18-34-51/h4-25,27-41,47,55-57,60,70H,26,42-46H2,1-3H3,(H,66,75)(H,67,71)(H,68,73)(H,69,74). The number of methoxy groups -OCH3 is 1. The second kappa shape index (κ2) is 29.1. The molecule has 402 valence electrons. The molecular weight excluding hydrogens is 1010 g/mol. The molecule has 13 heteroatoms. The molecule has 7 rings (SSSR count). The summed E-state index contributed by atoms with van der Waals surface area (Å²) in [6, 6.07) is 66.7. The summed E-state index contributed by atoms with van der Waals surface area (Å²) in [4.78, 5) is 69.3. The zero-order valence-electron chi connectivity index (χ0n) is 44.2. The van der Waals surface area contributed by atoms with Gasteiger partial charge in [-0.1, -0.05) is 238 Å². The Morgan fingerprint density at radius 2 is 0.923 bits per heavy atom. The van der Waals surface area contributed by atoms with Crippen molar-refractivity contribution >= 4 is 53.1 Å². The summed E-state index contributed by atoms with van der Waals surface area (Å²) in [5.74, 6) is -2.85. The summed E-state index contributed by atoms with van der Waals surface area (Å²) in [5.41, 5.74) is 6.98. The number of esters is 1. The highest BCUT2D eigenvalue weighted by Crippen LogP contribution is 2.50. The zero-order chi connectivity index (χ0) is 55.2. The van der Waals surface area contributed by atoms with Crippen molar-refractivity contribution in [2.75, 3.05) is 25.2 Å². The fourth-order valence-corrected chi connectivity index (χ4v) is 12.5. The maximum atomic E-state index is 14.9. The monoisotopic (exact) mass is 1080 g/mol. The van der Waals surface area contributed by atoms with Crippen molar-refractivity contribution < 1.29 is 33.8 Å². The van der Waals surface area contributed by atoms with Crippen molar-refractivity contribution in [1.82, 2.24) is 21.3 Å². The minimum atomic E-state index is -1.27. The number of thioether (sulfide) groups is 2. The van der Waals surface area contributed by atoms with E-state index in [0.29, 0.717) is 12.2 Å². The number of benzene rings is 7. The van der Waals surface area contributed by atoms with Gasteiger partial charge in [0, 0.05) is 12.2 Å². The van der Waals surface area contributed by atoms with E-state index in [0.717, 1.165) is 38.9 Å². The number of hydrogen-bond donors (Lipinski definition) is 5. The lowest BCUT2D eigenvalue weighted by atomic mass is 9.84. The Balaban J connectivity index is 1.12. The second-order valence-corrected chi connectivity index (χ2v) is 21.6. The topological polar surface area (TPSA) is 163 Å². The molecule has 5 N–H and O–H groups in total. The Hall–Kier alpha value is -7.71. The molecule has 0 bridgehead atoms. The van der Waals surface area contributed by atoms with Crippen molar-refractivity contribution in [3.8, 4) is 0 Å². The Bertz CT molecular complexity index is 2820. The van der Waals surface area contributed by atoms with Crippen LogP contribution in [0.25, 0.3) is 0 Å². The van der Waals surface area contributed by atoms with E-state index >= 15 is 0 Å². The number of ether oxygens (including phenoxy) is 1. The quantitative estimate of drug-likeness (QED) is 0.0146. The Morgan fingerprint density at radius 3 is 1.33 bits per heavy atom. The summed E-state index contributed by atoms with van der Waals surface area (Å²) < 4.78 is 3.33. The number of aliphatic hydroxyl groups is 1. The number of nitrogens with one attached hydrogen (secondary N) is 4. The van der Waals surface area contributed by atoms with Gasteiger partial charge in [-0.25, -0.2) is 0 Å². The Morgan fingerprint density at radius 1 is 0.526 bits per heavy atom. The lowest BCUT2D eigenvalue weighted by molar-refractivity contribution is -0.141. The molecule has 0 aliphatic heterocycles. The normalized spacial score (nSPS) is 13.1. The number of rotatable bonds is 27. The average molecular weight is 1080 g/mol. The van der Waals surface area contributed by atoms with Crippen LogP contribution in [0.5, 0.6) is 0 Å². The molecule has 0 saturated heterocycles. The van der Waals surface area contributed by atoms with Gasteiger partial charge in [0.05, 0.1) is 29.1 Å². The first-order valence-corrected chi connectivity index (χ1v) is 28.2. The van der Waals surface area contributed by atoms with Crippen LogP contribution in [0.4, 0.5) is 0 Å². The molecule has 0 radical (unpaired) electrons. The molecule has 0 aliphatic carbocycles. The highest BCUT2D eigenvalue weighted by atomic mass is 32.2.